The molecule has 0 aliphatic heterocycles. The molecular weight excluding hydrogens is 338 g/mol. The standard InChI is InChI=1S/C14H15N3O6S/c1-9-8-12(16-23-9)17-24(21,22)11-4-2-10(3-5-11)15-13(18)6-7-14(19)20/h2-5,8H,6-7H2,1H3,(H,15,18)(H,16,17)(H,19,20). The van der Waals surface area contributed by atoms with Crippen molar-refractivity contribution in [1.29, 1.82) is 0 Å². The van der Waals surface area contributed by atoms with Crippen LogP contribution in [0.1, 0.15) is 18.6 Å². The molecule has 1 aromatic carbocycles. The molecule has 0 atom stereocenters. The van der Waals surface area contributed by atoms with Crippen LogP contribution >= 0.6 is 0 Å². The van der Waals surface area contributed by atoms with E-state index in [0.717, 1.165) is 0 Å². The molecule has 1 heterocycles. The van der Waals surface area contributed by atoms with Gasteiger partial charge in [-0.05, 0) is 31.2 Å². The summed E-state index contributed by atoms with van der Waals surface area (Å²) in [5.41, 5.74) is 0.363. The number of sulfonamides is 1. The van der Waals surface area contributed by atoms with Gasteiger partial charge in [-0.3, -0.25) is 14.3 Å². The van der Waals surface area contributed by atoms with Gasteiger partial charge in [-0.25, -0.2) is 8.42 Å². The summed E-state index contributed by atoms with van der Waals surface area (Å²) in [6.45, 7) is 1.63. The minimum atomic E-state index is -3.83. The minimum absolute atomic E-state index is 0.0216. The molecule has 2 aromatic rings. The number of hydrogen-bond donors (Lipinski definition) is 3. The Bertz CT molecular complexity index is 842. The Morgan fingerprint density at radius 2 is 1.88 bits per heavy atom. The second kappa shape index (κ2) is 7.13. The molecule has 9 nitrogen and oxygen atoms in total. The summed E-state index contributed by atoms with van der Waals surface area (Å²) < 4.78 is 31.4. The van der Waals surface area contributed by atoms with E-state index in [-0.39, 0.29) is 23.6 Å². The third kappa shape index (κ3) is 4.81. The van der Waals surface area contributed by atoms with Gasteiger partial charge in [0.1, 0.15) is 5.76 Å². The highest BCUT2D eigenvalue weighted by Crippen LogP contribution is 2.18. The molecule has 24 heavy (non-hydrogen) atoms. The van der Waals surface area contributed by atoms with Gasteiger partial charge in [0.05, 0.1) is 11.3 Å². The smallest absolute Gasteiger partial charge is 0.303 e. The Morgan fingerprint density at radius 3 is 2.42 bits per heavy atom. The Hall–Kier alpha value is -2.88. The third-order valence-electron chi connectivity index (χ3n) is 2.88. The second-order valence-electron chi connectivity index (χ2n) is 4.89. The zero-order chi connectivity index (χ0) is 17.7. The SMILES string of the molecule is Cc1cc(NS(=O)(=O)c2ccc(NC(=O)CCC(=O)O)cc2)no1. The van der Waals surface area contributed by atoms with E-state index in [0.29, 0.717) is 11.4 Å². The van der Waals surface area contributed by atoms with Gasteiger partial charge < -0.3 is 14.9 Å². The molecule has 0 fully saturated rings. The van der Waals surface area contributed by atoms with Crippen molar-refractivity contribution in [2.75, 3.05) is 10.0 Å². The number of carbonyl (C=O) groups is 2. The number of aryl methyl sites for hydroxylation is 1. The molecule has 1 aromatic heterocycles. The molecule has 0 spiro atoms. The maximum atomic E-state index is 12.2. The zero-order valence-corrected chi connectivity index (χ0v) is 13.5. The van der Waals surface area contributed by atoms with Gasteiger partial charge in [-0.2, -0.15) is 0 Å². The lowest BCUT2D eigenvalue weighted by Gasteiger charge is -2.07. The minimum Gasteiger partial charge on any atom is -0.481 e. The molecule has 1 amide bonds. The van der Waals surface area contributed by atoms with Crippen LogP contribution in [0.5, 0.6) is 0 Å². The summed E-state index contributed by atoms with van der Waals surface area (Å²) in [5, 5.41) is 14.5. The second-order valence-corrected chi connectivity index (χ2v) is 6.58. The lowest BCUT2D eigenvalue weighted by atomic mass is 10.2. The fourth-order valence-electron chi connectivity index (χ4n) is 1.77. The lowest BCUT2D eigenvalue weighted by Crippen LogP contribution is -2.14. The van der Waals surface area contributed by atoms with Crippen LogP contribution in [0.3, 0.4) is 0 Å². The van der Waals surface area contributed by atoms with Crippen molar-refractivity contribution < 1.29 is 27.6 Å². The molecule has 0 aliphatic carbocycles. The maximum absolute atomic E-state index is 12.2. The van der Waals surface area contributed by atoms with E-state index in [2.05, 4.69) is 15.2 Å². The maximum Gasteiger partial charge on any atom is 0.303 e. The molecule has 0 saturated heterocycles. The molecule has 128 valence electrons. The monoisotopic (exact) mass is 353 g/mol. The topological polar surface area (TPSA) is 139 Å². The number of amides is 1. The quantitative estimate of drug-likeness (QED) is 0.687. The van der Waals surface area contributed by atoms with Crippen LogP contribution in [0.25, 0.3) is 0 Å². The molecule has 10 heteroatoms. The first-order chi connectivity index (χ1) is 11.3. The van der Waals surface area contributed by atoms with Crippen molar-refractivity contribution in [3.63, 3.8) is 0 Å². The Labute approximate surface area is 137 Å². The number of carbonyl (C=O) groups excluding carboxylic acids is 1. The fourth-order valence-corrected chi connectivity index (χ4v) is 2.76. The lowest BCUT2D eigenvalue weighted by molar-refractivity contribution is -0.138. The number of aliphatic carboxylic acids is 1. The average Bonchev–Trinajstić information content (AvgIpc) is 2.90. The molecule has 0 saturated carbocycles. The van der Waals surface area contributed by atoms with Crippen LogP contribution < -0.4 is 10.0 Å². The molecule has 0 unspecified atom stereocenters. The van der Waals surface area contributed by atoms with E-state index in [1.54, 1.807) is 6.92 Å². The van der Waals surface area contributed by atoms with E-state index >= 15 is 0 Å². The van der Waals surface area contributed by atoms with Crippen LogP contribution in [0.4, 0.5) is 11.5 Å². The van der Waals surface area contributed by atoms with Gasteiger partial charge in [-0.1, -0.05) is 5.16 Å². The normalized spacial score (nSPS) is 11.0. The van der Waals surface area contributed by atoms with Crippen molar-refractivity contribution in [3.8, 4) is 0 Å². The van der Waals surface area contributed by atoms with E-state index in [1.807, 2.05) is 0 Å². The first kappa shape index (κ1) is 17.5. The average molecular weight is 353 g/mol. The van der Waals surface area contributed by atoms with Crippen molar-refractivity contribution in [1.82, 2.24) is 5.16 Å². The summed E-state index contributed by atoms with van der Waals surface area (Å²) >= 11 is 0. The van der Waals surface area contributed by atoms with Crippen LogP contribution in [-0.2, 0) is 19.6 Å². The number of nitrogens with one attached hydrogen (secondary N) is 2. The molecule has 2 rings (SSSR count). The number of benzene rings is 1. The molecular formula is C14H15N3O6S. The number of carboxylic acids is 1. The van der Waals surface area contributed by atoms with Gasteiger partial charge in [0, 0.05) is 18.2 Å². The van der Waals surface area contributed by atoms with Gasteiger partial charge in [0.2, 0.25) is 5.91 Å². The summed E-state index contributed by atoms with van der Waals surface area (Å²) in [5.74, 6) is -1.00. The summed E-state index contributed by atoms with van der Waals surface area (Å²) in [7, 11) is -3.83. The predicted octanol–water partition coefficient (Wildman–Crippen LogP) is 1.59. The summed E-state index contributed by atoms with van der Waals surface area (Å²) in [6, 6.07) is 6.86. The number of hydrogen-bond acceptors (Lipinski definition) is 6. The first-order valence-electron chi connectivity index (χ1n) is 6.84. The van der Waals surface area contributed by atoms with E-state index in [4.69, 9.17) is 9.63 Å². The van der Waals surface area contributed by atoms with Crippen LogP contribution in [0, 0.1) is 6.92 Å². The van der Waals surface area contributed by atoms with E-state index < -0.39 is 21.9 Å². The Kier molecular flexibility index (Phi) is 5.19. The van der Waals surface area contributed by atoms with Gasteiger partial charge in [-0.15, -0.1) is 0 Å². The van der Waals surface area contributed by atoms with Gasteiger partial charge in [0.15, 0.2) is 5.82 Å². The number of carboxylic acid groups (broad SMARTS) is 1. The highest BCUT2D eigenvalue weighted by Gasteiger charge is 2.16. The van der Waals surface area contributed by atoms with Crippen LogP contribution in [-0.4, -0.2) is 30.6 Å². The van der Waals surface area contributed by atoms with Gasteiger partial charge >= 0.3 is 5.97 Å². The number of anilines is 2. The van der Waals surface area contributed by atoms with Crippen molar-refractivity contribution in [3.05, 3.63) is 36.1 Å². The molecule has 0 bridgehead atoms. The van der Waals surface area contributed by atoms with Crippen molar-refractivity contribution in [2.24, 2.45) is 0 Å². The summed E-state index contributed by atoms with van der Waals surface area (Å²) in [6.07, 6.45) is -0.443. The highest BCUT2D eigenvalue weighted by molar-refractivity contribution is 7.92. The van der Waals surface area contributed by atoms with Crippen LogP contribution in [0.15, 0.2) is 39.8 Å². The predicted molar refractivity (Wildman–Crippen MR) is 84.0 cm³/mol. The number of rotatable bonds is 7. The van der Waals surface area contributed by atoms with Crippen molar-refractivity contribution in [2.45, 2.75) is 24.7 Å². The van der Waals surface area contributed by atoms with Crippen molar-refractivity contribution >= 4 is 33.4 Å². The molecule has 3 N–H and O–H groups in total. The number of nitrogens with zero attached hydrogens (tertiary/aromatic N) is 1. The van der Waals surface area contributed by atoms with E-state index in [1.165, 1.54) is 30.3 Å². The largest absolute Gasteiger partial charge is 0.481 e. The fraction of sp³-hybridized carbons (Fsp3) is 0.214. The van der Waals surface area contributed by atoms with Crippen LogP contribution in [0.2, 0.25) is 0 Å². The Balaban J connectivity index is 2.02. The first-order valence-corrected chi connectivity index (χ1v) is 8.32. The van der Waals surface area contributed by atoms with Gasteiger partial charge in [0.25, 0.3) is 10.0 Å². The summed E-state index contributed by atoms with van der Waals surface area (Å²) in [4.78, 5) is 21.9. The third-order valence-corrected chi connectivity index (χ3v) is 4.25. The molecule has 0 radical (unpaired) electrons. The molecule has 0 aliphatic rings. The zero-order valence-electron chi connectivity index (χ0n) is 12.6. The Morgan fingerprint density at radius 1 is 1.21 bits per heavy atom. The highest BCUT2D eigenvalue weighted by atomic mass is 32.2. The number of aromatic nitrogens is 1. The van der Waals surface area contributed by atoms with E-state index in [9.17, 15) is 18.0 Å².